The van der Waals surface area contributed by atoms with Gasteiger partial charge in [-0.3, -0.25) is 9.78 Å². The Morgan fingerprint density at radius 2 is 2.09 bits per heavy atom. The number of nitrogens with one attached hydrogen (secondary N) is 2. The number of anilines is 1. The molecular formula is C16H16ClN3OS. The highest BCUT2D eigenvalue weighted by Gasteiger charge is 2.18. The van der Waals surface area contributed by atoms with Crippen LogP contribution < -0.4 is 10.6 Å². The van der Waals surface area contributed by atoms with Gasteiger partial charge in [0.25, 0.3) is 0 Å². The summed E-state index contributed by atoms with van der Waals surface area (Å²) in [5.41, 5.74) is 1.76. The summed E-state index contributed by atoms with van der Waals surface area (Å²) in [4.78, 5) is 16.5. The van der Waals surface area contributed by atoms with Crippen LogP contribution in [0.2, 0.25) is 0 Å². The van der Waals surface area contributed by atoms with Crippen LogP contribution in [0, 0.1) is 0 Å². The fraction of sp³-hybridized carbons (Fsp3) is 0.125. The predicted octanol–water partition coefficient (Wildman–Crippen LogP) is 3.62. The number of nitrogens with zero attached hydrogens (tertiary/aromatic N) is 1. The molecule has 3 rings (SSSR count). The van der Waals surface area contributed by atoms with Crippen molar-refractivity contribution >= 4 is 46.1 Å². The van der Waals surface area contributed by atoms with Crippen molar-refractivity contribution in [1.29, 1.82) is 0 Å². The van der Waals surface area contributed by atoms with Crippen LogP contribution in [0.15, 0.2) is 53.5 Å². The Kier molecular flexibility index (Phi) is 5.49. The number of halogens is 1. The molecule has 0 aliphatic heterocycles. The van der Waals surface area contributed by atoms with E-state index in [1.165, 1.54) is 0 Å². The van der Waals surface area contributed by atoms with E-state index in [1.54, 1.807) is 24.6 Å². The third kappa shape index (κ3) is 3.44. The van der Waals surface area contributed by atoms with Crippen molar-refractivity contribution in [3.05, 3.63) is 59.0 Å². The summed E-state index contributed by atoms with van der Waals surface area (Å²) in [5.74, 6) is -0.0655. The molecule has 0 aliphatic carbocycles. The fourth-order valence-corrected chi connectivity index (χ4v) is 2.95. The van der Waals surface area contributed by atoms with Crippen molar-refractivity contribution in [2.24, 2.45) is 0 Å². The molecule has 0 aliphatic rings. The van der Waals surface area contributed by atoms with Gasteiger partial charge in [-0.05, 0) is 53.0 Å². The van der Waals surface area contributed by atoms with E-state index in [0.717, 1.165) is 22.0 Å². The Morgan fingerprint density at radius 3 is 2.82 bits per heavy atom. The maximum Gasteiger partial charge on any atom is 0.246 e. The van der Waals surface area contributed by atoms with E-state index in [9.17, 15) is 4.79 Å². The number of likely N-dealkylation sites (N-methyl/N-ethyl adjacent to an activating group) is 1. The van der Waals surface area contributed by atoms with E-state index in [2.05, 4.69) is 15.6 Å². The van der Waals surface area contributed by atoms with E-state index >= 15 is 0 Å². The summed E-state index contributed by atoms with van der Waals surface area (Å²) in [6.07, 6.45) is 3.55. The van der Waals surface area contributed by atoms with Crippen LogP contribution in [-0.4, -0.2) is 17.9 Å². The summed E-state index contributed by atoms with van der Waals surface area (Å²) in [6.45, 7) is 0. The predicted molar refractivity (Wildman–Crippen MR) is 93.7 cm³/mol. The number of aromatic nitrogens is 1. The first-order chi connectivity index (χ1) is 10.3. The molecule has 0 bridgehead atoms. The molecule has 114 valence electrons. The molecule has 0 saturated heterocycles. The second-order valence-corrected chi connectivity index (χ2v) is 5.49. The van der Waals surface area contributed by atoms with E-state index in [4.69, 9.17) is 0 Å². The monoisotopic (exact) mass is 333 g/mol. The highest BCUT2D eigenvalue weighted by atomic mass is 35.5. The smallest absolute Gasteiger partial charge is 0.246 e. The van der Waals surface area contributed by atoms with Gasteiger partial charge in [-0.1, -0.05) is 6.07 Å². The Hall–Kier alpha value is -1.95. The van der Waals surface area contributed by atoms with Crippen LogP contribution in [-0.2, 0) is 4.79 Å². The quantitative estimate of drug-likeness (QED) is 0.766. The summed E-state index contributed by atoms with van der Waals surface area (Å²) in [6, 6.07) is 9.34. The van der Waals surface area contributed by atoms with Crippen LogP contribution in [0.5, 0.6) is 0 Å². The van der Waals surface area contributed by atoms with Crippen LogP contribution in [0.1, 0.15) is 11.6 Å². The molecule has 2 heterocycles. The lowest BCUT2D eigenvalue weighted by Gasteiger charge is -2.15. The lowest BCUT2D eigenvalue weighted by Crippen LogP contribution is -2.30. The van der Waals surface area contributed by atoms with Crippen molar-refractivity contribution in [3.63, 3.8) is 0 Å². The third-order valence-electron chi connectivity index (χ3n) is 3.34. The first kappa shape index (κ1) is 16.4. The number of thiophene rings is 1. The van der Waals surface area contributed by atoms with E-state index in [0.29, 0.717) is 0 Å². The number of rotatable bonds is 4. The molecule has 0 fully saturated rings. The minimum atomic E-state index is -0.343. The molecule has 0 radical (unpaired) electrons. The Bertz CT molecular complexity index is 761. The van der Waals surface area contributed by atoms with Crippen LogP contribution in [0.3, 0.4) is 0 Å². The van der Waals surface area contributed by atoms with E-state index in [1.807, 2.05) is 47.3 Å². The van der Waals surface area contributed by atoms with Crippen molar-refractivity contribution in [2.45, 2.75) is 6.04 Å². The van der Waals surface area contributed by atoms with Crippen molar-refractivity contribution in [3.8, 4) is 0 Å². The van der Waals surface area contributed by atoms with Crippen molar-refractivity contribution in [1.82, 2.24) is 10.3 Å². The zero-order valence-corrected chi connectivity index (χ0v) is 13.6. The fourth-order valence-electron chi connectivity index (χ4n) is 2.26. The van der Waals surface area contributed by atoms with E-state index < -0.39 is 0 Å². The zero-order chi connectivity index (χ0) is 14.7. The number of amides is 1. The van der Waals surface area contributed by atoms with Gasteiger partial charge in [0.1, 0.15) is 6.04 Å². The maximum absolute atomic E-state index is 12.4. The molecule has 1 aromatic carbocycles. The Morgan fingerprint density at radius 1 is 1.23 bits per heavy atom. The van der Waals surface area contributed by atoms with Gasteiger partial charge in [0, 0.05) is 23.5 Å². The summed E-state index contributed by atoms with van der Waals surface area (Å²) < 4.78 is 0. The molecule has 4 nitrogen and oxygen atoms in total. The number of pyridine rings is 1. The Balaban J connectivity index is 0.00000176. The zero-order valence-electron chi connectivity index (χ0n) is 11.9. The van der Waals surface area contributed by atoms with Crippen LogP contribution >= 0.6 is 23.7 Å². The molecule has 2 N–H and O–H groups in total. The molecule has 0 spiro atoms. The van der Waals surface area contributed by atoms with Crippen molar-refractivity contribution in [2.75, 3.05) is 12.4 Å². The first-order valence-corrected chi connectivity index (χ1v) is 7.56. The summed E-state index contributed by atoms with van der Waals surface area (Å²) >= 11 is 1.58. The van der Waals surface area contributed by atoms with Gasteiger partial charge >= 0.3 is 0 Å². The molecule has 1 unspecified atom stereocenters. The number of hydrogen-bond donors (Lipinski definition) is 2. The second-order valence-electron chi connectivity index (χ2n) is 4.71. The number of hydrogen-bond acceptors (Lipinski definition) is 4. The average molecular weight is 334 g/mol. The summed E-state index contributed by atoms with van der Waals surface area (Å²) in [5, 5.41) is 12.1. The minimum absolute atomic E-state index is 0. The number of benzene rings is 1. The Labute approximate surface area is 139 Å². The first-order valence-electron chi connectivity index (χ1n) is 6.62. The molecule has 1 atom stereocenters. The van der Waals surface area contributed by atoms with Crippen LogP contribution in [0.4, 0.5) is 5.69 Å². The van der Waals surface area contributed by atoms with Gasteiger partial charge in [-0.2, -0.15) is 11.3 Å². The number of carbonyl (C=O) groups excluding carboxylic acids is 1. The molecular weight excluding hydrogens is 318 g/mol. The highest BCUT2D eigenvalue weighted by Crippen LogP contribution is 2.21. The van der Waals surface area contributed by atoms with Gasteiger partial charge in [0.15, 0.2) is 0 Å². The normalized spacial score (nSPS) is 11.7. The van der Waals surface area contributed by atoms with E-state index in [-0.39, 0.29) is 24.4 Å². The highest BCUT2D eigenvalue weighted by molar-refractivity contribution is 7.08. The third-order valence-corrected chi connectivity index (χ3v) is 4.04. The SMILES string of the molecule is CNC(C(=O)Nc1ccc2cnccc2c1)c1ccsc1.Cl. The average Bonchev–Trinajstić information content (AvgIpc) is 3.02. The second kappa shape index (κ2) is 7.35. The molecule has 6 heteroatoms. The largest absolute Gasteiger partial charge is 0.324 e. The molecule has 22 heavy (non-hydrogen) atoms. The lowest BCUT2D eigenvalue weighted by atomic mass is 10.1. The van der Waals surface area contributed by atoms with Gasteiger partial charge < -0.3 is 10.6 Å². The van der Waals surface area contributed by atoms with Crippen LogP contribution in [0.25, 0.3) is 10.8 Å². The number of carbonyl (C=O) groups is 1. The minimum Gasteiger partial charge on any atom is -0.324 e. The van der Waals surface area contributed by atoms with Gasteiger partial charge in [0.05, 0.1) is 0 Å². The summed E-state index contributed by atoms with van der Waals surface area (Å²) in [7, 11) is 1.79. The maximum atomic E-state index is 12.4. The molecule has 1 amide bonds. The topological polar surface area (TPSA) is 54.0 Å². The van der Waals surface area contributed by atoms with Gasteiger partial charge in [-0.15, -0.1) is 12.4 Å². The molecule has 3 aromatic rings. The lowest BCUT2D eigenvalue weighted by molar-refractivity contribution is -0.118. The molecule has 0 saturated carbocycles. The number of fused-ring (bicyclic) bond motifs is 1. The van der Waals surface area contributed by atoms with Crippen molar-refractivity contribution < 1.29 is 4.79 Å². The van der Waals surface area contributed by atoms with Gasteiger partial charge in [0.2, 0.25) is 5.91 Å². The van der Waals surface area contributed by atoms with Gasteiger partial charge in [-0.25, -0.2) is 0 Å². The standard InChI is InChI=1S/C16H15N3OS.ClH/c1-17-15(13-5-7-21-10-13)16(20)19-14-3-2-12-9-18-6-4-11(12)8-14;/h2-10,15,17H,1H3,(H,19,20);1H. The molecule has 2 aromatic heterocycles.